The van der Waals surface area contributed by atoms with E-state index >= 15 is 0 Å². The Morgan fingerprint density at radius 2 is 2.31 bits per heavy atom. The predicted molar refractivity (Wildman–Crippen MR) is 50.1 cm³/mol. The maximum Gasteiger partial charge on any atom is 0.0994 e. The van der Waals surface area contributed by atoms with E-state index in [0.717, 1.165) is 25.0 Å². The van der Waals surface area contributed by atoms with Gasteiger partial charge < -0.3 is 0 Å². The first kappa shape index (κ1) is 8.25. The third kappa shape index (κ3) is 1.31. The van der Waals surface area contributed by atoms with Crippen molar-refractivity contribution in [3.05, 3.63) is 29.6 Å². The summed E-state index contributed by atoms with van der Waals surface area (Å²) in [5.74, 6) is 0. The Hall–Kier alpha value is -1.36. The SMILES string of the molecule is CCc1ccc(C2(C#N)CC2)nc1. The maximum atomic E-state index is 8.95. The third-order valence-electron chi connectivity index (χ3n) is 2.69. The fraction of sp³-hybridized carbons (Fsp3) is 0.455. The van der Waals surface area contributed by atoms with Gasteiger partial charge in [0, 0.05) is 6.20 Å². The van der Waals surface area contributed by atoms with Crippen LogP contribution in [0.4, 0.5) is 0 Å². The summed E-state index contributed by atoms with van der Waals surface area (Å²) >= 11 is 0. The van der Waals surface area contributed by atoms with Crippen LogP contribution in [0, 0.1) is 11.3 Å². The van der Waals surface area contributed by atoms with Crippen LogP contribution in [0.1, 0.15) is 31.0 Å². The van der Waals surface area contributed by atoms with Crippen molar-refractivity contribution in [3.8, 4) is 6.07 Å². The van der Waals surface area contributed by atoms with E-state index in [0.29, 0.717) is 0 Å². The lowest BCUT2D eigenvalue weighted by Gasteiger charge is -2.04. The van der Waals surface area contributed by atoms with Crippen LogP contribution in [0.2, 0.25) is 0 Å². The van der Waals surface area contributed by atoms with Gasteiger partial charge in [0.05, 0.1) is 17.2 Å². The Morgan fingerprint density at radius 3 is 2.69 bits per heavy atom. The molecule has 0 N–H and O–H groups in total. The molecule has 1 fully saturated rings. The molecule has 2 rings (SSSR count). The van der Waals surface area contributed by atoms with E-state index in [1.54, 1.807) is 0 Å². The van der Waals surface area contributed by atoms with Crippen LogP contribution in [0.25, 0.3) is 0 Å². The largest absolute Gasteiger partial charge is 0.259 e. The molecule has 0 aromatic carbocycles. The van der Waals surface area contributed by atoms with Crippen molar-refractivity contribution >= 4 is 0 Å². The number of aryl methyl sites for hydroxylation is 1. The fourth-order valence-electron chi connectivity index (χ4n) is 1.47. The highest BCUT2D eigenvalue weighted by Crippen LogP contribution is 2.46. The molecule has 13 heavy (non-hydrogen) atoms. The molecular weight excluding hydrogens is 160 g/mol. The first-order chi connectivity index (χ1) is 6.30. The Balaban J connectivity index is 2.29. The number of nitrogens with zero attached hydrogens (tertiary/aromatic N) is 2. The first-order valence-electron chi connectivity index (χ1n) is 4.67. The number of hydrogen-bond donors (Lipinski definition) is 0. The predicted octanol–water partition coefficient (Wildman–Crippen LogP) is 2.20. The molecule has 1 aliphatic rings. The zero-order chi connectivity index (χ0) is 9.31. The zero-order valence-corrected chi connectivity index (χ0v) is 7.75. The van der Waals surface area contributed by atoms with E-state index in [2.05, 4.69) is 24.0 Å². The van der Waals surface area contributed by atoms with Crippen molar-refractivity contribution in [1.29, 1.82) is 5.26 Å². The molecule has 0 amide bonds. The van der Waals surface area contributed by atoms with Gasteiger partial charge in [0.2, 0.25) is 0 Å². The highest BCUT2D eigenvalue weighted by molar-refractivity contribution is 5.34. The topological polar surface area (TPSA) is 36.7 Å². The van der Waals surface area contributed by atoms with E-state index in [1.807, 2.05) is 12.3 Å². The summed E-state index contributed by atoms with van der Waals surface area (Å²) in [6, 6.07) is 6.41. The van der Waals surface area contributed by atoms with E-state index < -0.39 is 0 Å². The summed E-state index contributed by atoms with van der Waals surface area (Å²) in [5, 5.41) is 8.95. The van der Waals surface area contributed by atoms with Crippen molar-refractivity contribution in [2.75, 3.05) is 0 Å². The van der Waals surface area contributed by atoms with Crippen LogP contribution in [-0.4, -0.2) is 4.98 Å². The van der Waals surface area contributed by atoms with E-state index in [9.17, 15) is 0 Å². The molecule has 0 bridgehead atoms. The smallest absolute Gasteiger partial charge is 0.0994 e. The summed E-state index contributed by atoms with van der Waals surface area (Å²) in [5.41, 5.74) is 1.96. The number of aromatic nitrogens is 1. The zero-order valence-electron chi connectivity index (χ0n) is 7.75. The lowest BCUT2D eigenvalue weighted by Crippen LogP contribution is -2.05. The first-order valence-corrected chi connectivity index (χ1v) is 4.67. The van der Waals surface area contributed by atoms with Crippen molar-refractivity contribution < 1.29 is 0 Å². The number of rotatable bonds is 2. The molecule has 66 valence electrons. The number of pyridine rings is 1. The standard InChI is InChI=1S/C11H12N2/c1-2-9-3-4-10(13-7-9)11(8-12)5-6-11/h3-4,7H,2,5-6H2,1H3. The maximum absolute atomic E-state index is 8.95. The summed E-state index contributed by atoms with van der Waals surface area (Å²) in [4.78, 5) is 4.33. The van der Waals surface area contributed by atoms with Gasteiger partial charge in [0.25, 0.3) is 0 Å². The minimum Gasteiger partial charge on any atom is -0.259 e. The molecular formula is C11H12N2. The molecule has 2 nitrogen and oxygen atoms in total. The van der Waals surface area contributed by atoms with E-state index in [1.165, 1.54) is 5.56 Å². The molecule has 1 aliphatic carbocycles. The molecule has 0 aliphatic heterocycles. The molecule has 2 heteroatoms. The average molecular weight is 172 g/mol. The highest BCUT2D eigenvalue weighted by Gasteiger charge is 2.46. The molecule has 1 aromatic rings. The van der Waals surface area contributed by atoms with E-state index in [4.69, 9.17) is 5.26 Å². The number of nitriles is 1. The molecule has 0 spiro atoms. The highest BCUT2D eigenvalue weighted by atomic mass is 14.7. The van der Waals surface area contributed by atoms with Gasteiger partial charge in [-0.15, -0.1) is 0 Å². The average Bonchev–Trinajstić information content (AvgIpc) is 2.99. The molecule has 0 saturated heterocycles. The van der Waals surface area contributed by atoms with Gasteiger partial charge in [-0.2, -0.15) is 5.26 Å². The van der Waals surface area contributed by atoms with Crippen molar-refractivity contribution in [2.45, 2.75) is 31.6 Å². The van der Waals surface area contributed by atoms with Crippen molar-refractivity contribution in [2.24, 2.45) is 0 Å². The van der Waals surface area contributed by atoms with Gasteiger partial charge in [-0.25, -0.2) is 0 Å². The van der Waals surface area contributed by atoms with Crippen LogP contribution in [0.5, 0.6) is 0 Å². The summed E-state index contributed by atoms with van der Waals surface area (Å²) in [6.07, 6.45) is 4.84. The minimum absolute atomic E-state index is 0.230. The summed E-state index contributed by atoms with van der Waals surface area (Å²) in [6.45, 7) is 2.11. The van der Waals surface area contributed by atoms with Gasteiger partial charge in [-0.3, -0.25) is 4.98 Å². The monoisotopic (exact) mass is 172 g/mol. The van der Waals surface area contributed by atoms with Gasteiger partial charge in [-0.05, 0) is 30.9 Å². The summed E-state index contributed by atoms with van der Waals surface area (Å²) in [7, 11) is 0. The van der Waals surface area contributed by atoms with Crippen LogP contribution in [0.15, 0.2) is 18.3 Å². The number of hydrogen-bond acceptors (Lipinski definition) is 2. The molecule has 1 aromatic heterocycles. The van der Waals surface area contributed by atoms with E-state index in [-0.39, 0.29) is 5.41 Å². The lowest BCUT2D eigenvalue weighted by molar-refractivity contribution is 0.849. The lowest BCUT2D eigenvalue weighted by atomic mass is 10.0. The second-order valence-electron chi connectivity index (χ2n) is 3.60. The van der Waals surface area contributed by atoms with Crippen LogP contribution in [0.3, 0.4) is 0 Å². The molecule has 0 radical (unpaired) electrons. The van der Waals surface area contributed by atoms with Crippen molar-refractivity contribution in [3.63, 3.8) is 0 Å². The second-order valence-corrected chi connectivity index (χ2v) is 3.60. The van der Waals surface area contributed by atoms with Crippen LogP contribution < -0.4 is 0 Å². The normalized spacial score (nSPS) is 17.8. The van der Waals surface area contributed by atoms with Crippen LogP contribution >= 0.6 is 0 Å². The third-order valence-corrected chi connectivity index (χ3v) is 2.69. The molecule has 1 heterocycles. The molecule has 0 atom stereocenters. The van der Waals surface area contributed by atoms with Gasteiger partial charge >= 0.3 is 0 Å². The van der Waals surface area contributed by atoms with Crippen LogP contribution in [-0.2, 0) is 11.8 Å². The summed E-state index contributed by atoms with van der Waals surface area (Å²) < 4.78 is 0. The Labute approximate surface area is 78.2 Å². The minimum atomic E-state index is -0.230. The quantitative estimate of drug-likeness (QED) is 0.685. The Kier molecular flexibility index (Phi) is 1.81. The van der Waals surface area contributed by atoms with Crippen molar-refractivity contribution in [1.82, 2.24) is 4.98 Å². The van der Waals surface area contributed by atoms with Gasteiger partial charge in [0.1, 0.15) is 0 Å². The molecule has 0 unspecified atom stereocenters. The second kappa shape index (κ2) is 2.85. The Bertz CT molecular complexity index is 341. The molecule has 1 saturated carbocycles. The Morgan fingerprint density at radius 1 is 1.54 bits per heavy atom. The fourth-order valence-corrected chi connectivity index (χ4v) is 1.47. The van der Waals surface area contributed by atoms with Gasteiger partial charge in [-0.1, -0.05) is 13.0 Å². The van der Waals surface area contributed by atoms with Gasteiger partial charge in [0.15, 0.2) is 0 Å².